The summed E-state index contributed by atoms with van der Waals surface area (Å²) in [7, 11) is 1.63. The fourth-order valence-electron chi connectivity index (χ4n) is 1.38. The van der Waals surface area contributed by atoms with E-state index < -0.39 is 5.54 Å². The van der Waals surface area contributed by atoms with Gasteiger partial charge in [-0.05, 0) is 20.8 Å². The molecular formula is C12H24N2O3. The monoisotopic (exact) mass is 244 g/mol. The number of hydrogen-bond donors (Lipinski definition) is 1. The largest absolute Gasteiger partial charge is 0.382 e. The van der Waals surface area contributed by atoms with Gasteiger partial charge in [0.15, 0.2) is 0 Å². The van der Waals surface area contributed by atoms with Crippen LogP contribution in [0.5, 0.6) is 0 Å². The molecule has 0 aliphatic heterocycles. The second-order valence-electron chi connectivity index (χ2n) is 4.40. The van der Waals surface area contributed by atoms with E-state index in [0.717, 1.165) is 0 Å². The van der Waals surface area contributed by atoms with E-state index in [-0.39, 0.29) is 6.04 Å². The maximum absolute atomic E-state index is 9.07. The number of hydrogen-bond acceptors (Lipinski definition) is 5. The van der Waals surface area contributed by atoms with Crippen LogP contribution in [0, 0.1) is 11.3 Å². The first-order valence-electron chi connectivity index (χ1n) is 5.87. The van der Waals surface area contributed by atoms with Crippen molar-refractivity contribution >= 4 is 0 Å². The first kappa shape index (κ1) is 16.3. The van der Waals surface area contributed by atoms with Crippen molar-refractivity contribution in [2.75, 3.05) is 40.1 Å². The van der Waals surface area contributed by atoms with Crippen LogP contribution in [0.2, 0.25) is 0 Å². The number of nitrogens with zero attached hydrogens (tertiary/aromatic N) is 1. The lowest BCUT2D eigenvalue weighted by Crippen LogP contribution is -2.48. The van der Waals surface area contributed by atoms with Gasteiger partial charge in [0.2, 0.25) is 0 Å². The third kappa shape index (κ3) is 9.07. The lowest BCUT2D eigenvalue weighted by atomic mass is 10.1. The van der Waals surface area contributed by atoms with Crippen molar-refractivity contribution in [3.05, 3.63) is 0 Å². The molecule has 0 rings (SSSR count). The molecule has 5 nitrogen and oxygen atoms in total. The minimum Gasteiger partial charge on any atom is -0.382 e. The first-order chi connectivity index (χ1) is 8.04. The summed E-state index contributed by atoms with van der Waals surface area (Å²) >= 11 is 0. The topological polar surface area (TPSA) is 63.5 Å². The molecule has 0 aromatic carbocycles. The Kier molecular flexibility index (Phi) is 9.00. The Morgan fingerprint density at radius 2 is 1.76 bits per heavy atom. The average molecular weight is 244 g/mol. The van der Waals surface area contributed by atoms with Crippen LogP contribution >= 0.6 is 0 Å². The van der Waals surface area contributed by atoms with Gasteiger partial charge >= 0.3 is 0 Å². The van der Waals surface area contributed by atoms with Gasteiger partial charge in [0, 0.05) is 13.2 Å². The second-order valence-corrected chi connectivity index (χ2v) is 4.40. The zero-order chi connectivity index (χ0) is 13.1. The predicted molar refractivity (Wildman–Crippen MR) is 65.8 cm³/mol. The van der Waals surface area contributed by atoms with Gasteiger partial charge in [0.1, 0.15) is 5.54 Å². The molecule has 0 aliphatic carbocycles. The van der Waals surface area contributed by atoms with Gasteiger partial charge in [-0.3, -0.25) is 5.32 Å². The van der Waals surface area contributed by atoms with Crippen LogP contribution in [0.4, 0.5) is 0 Å². The Bertz CT molecular complexity index is 228. The normalized spacial score (nSPS) is 14.6. The fraction of sp³-hybridized carbons (Fsp3) is 0.917. The first-order valence-corrected chi connectivity index (χ1v) is 5.87. The van der Waals surface area contributed by atoms with Gasteiger partial charge in [-0.25, -0.2) is 0 Å². The molecule has 17 heavy (non-hydrogen) atoms. The van der Waals surface area contributed by atoms with Crippen molar-refractivity contribution in [3.8, 4) is 6.07 Å². The van der Waals surface area contributed by atoms with Crippen LogP contribution in [0.25, 0.3) is 0 Å². The van der Waals surface area contributed by atoms with Gasteiger partial charge in [-0.15, -0.1) is 0 Å². The molecule has 0 aliphatic rings. The molecule has 0 spiro atoms. The maximum Gasteiger partial charge on any atom is 0.127 e. The number of rotatable bonds is 10. The Labute approximate surface area is 104 Å². The molecule has 0 fully saturated rings. The molecule has 0 saturated heterocycles. The van der Waals surface area contributed by atoms with Crippen molar-refractivity contribution < 1.29 is 14.2 Å². The van der Waals surface area contributed by atoms with Gasteiger partial charge < -0.3 is 14.2 Å². The smallest absolute Gasteiger partial charge is 0.127 e. The van der Waals surface area contributed by atoms with Gasteiger partial charge in [-0.2, -0.15) is 5.26 Å². The highest BCUT2D eigenvalue weighted by Crippen LogP contribution is 2.04. The SMILES string of the molecule is COCCOCCOCC(C)(C#N)NC(C)C. The molecule has 0 aromatic rings. The summed E-state index contributed by atoms with van der Waals surface area (Å²) in [5.41, 5.74) is -0.638. The zero-order valence-electron chi connectivity index (χ0n) is 11.3. The summed E-state index contributed by atoms with van der Waals surface area (Å²) < 4.78 is 15.5. The molecule has 1 atom stereocenters. The third-order valence-electron chi connectivity index (χ3n) is 2.05. The minimum atomic E-state index is -0.638. The van der Waals surface area contributed by atoms with Gasteiger partial charge in [0.05, 0.1) is 39.1 Å². The van der Waals surface area contributed by atoms with Crippen LogP contribution in [-0.2, 0) is 14.2 Å². The molecular weight excluding hydrogens is 220 g/mol. The average Bonchev–Trinajstić information content (AvgIpc) is 2.27. The Hall–Kier alpha value is -0.670. The number of nitrogens with one attached hydrogen (secondary N) is 1. The van der Waals surface area contributed by atoms with Crippen molar-refractivity contribution in [1.29, 1.82) is 5.26 Å². The molecule has 0 bridgehead atoms. The fourth-order valence-corrected chi connectivity index (χ4v) is 1.38. The molecule has 1 unspecified atom stereocenters. The molecule has 100 valence electrons. The summed E-state index contributed by atoms with van der Waals surface area (Å²) in [4.78, 5) is 0. The van der Waals surface area contributed by atoms with E-state index in [1.54, 1.807) is 7.11 Å². The summed E-state index contributed by atoms with van der Waals surface area (Å²) in [6.07, 6.45) is 0. The summed E-state index contributed by atoms with van der Waals surface area (Å²) in [5.74, 6) is 0. The number of nitriles is 1. The molecule has 0 amide bonds. The van der Waals surface area contributed by atoms with Crippen LogP contribution in [0.3, 0.4) is 0 Å². The third-order valence-corrected chi connectivity index (χ3v) is 2.05. The van der Waals surface area contributed by atoms with Crippen LogP contribution in [0.15, 0.2) is 0 Å². The van der Waals surface area contributed by atoms with E-state index in [1.807, 2.05) is 20.8 Å². The maximum atomic E-state index is 9.07. The Morgan fingerprint density at radius 3 is 2.29 bits per heavy atom. The van der Waals surface area contributed by atoms with Gasteiger partial charge in [0.25, 0.3) is 0 Å². The van der Waals surface area contributed by atoms with E-state index >= 15 is 0 Å². The van der Waals surface area contributed by atoms with E-state index in [0.29, 0.717) is 33.0 Å². The molecule has 1 N–H and O–H groups in total. The standard InChI is InChI=1S/C12H24N2O3/c1-11(2)14-12(3,9-13)10-17-8-7-16-6-5-15-4/h11,14H,5-8,10H2,1-4H3. The highest BCUT2D eigenvalue weighted by atomic mass is 16.5. The van der Waals surface area contributed by atoms with E-state index in [2.05, 4.69) is 11.4 Å². The number of ether oxygens (including phenoxy) is 3. The summed E-state index contributed by atoms with van der Waals surface area (Å²) in [5, 5.41) is 12.2. The molecule has 0 aromatic heterocycles. The second kappa shape index (κ2) is 9.37. The van der Waals surface area contributed by atoms with Crippen molar-refractivity contribution in [2.24, 2.45) is 0 Å². The van der Waals surface area contributed by atoms with Crippen molar-refractivity contribution in [2.45, 2.75) is 32.4 Å². The van der Waals surface area contributed by atoms with Crippen LogP contribution in [0.1, 0.15) is 20.8 Å². The molecule has 5 heteroatoms. The van der Waals surface area contributed by atoms with Gasteiger partial charge in [-0.1, -0.05) is 0 Å². The molecule has 0 saturated carbocycles. The van der Waals surface area contributed by atoms with Crippen LogP contribution < -0.4 is 5.32 Å². The zero-order valence-corrected chi connectivity index (χ0v) is 11.3. The lowest BCUT2D eigenvalue weighted by Gasteiger charge is -2.25. The van der Waals surface area contributed by atoms with E-state index in [4.69, 9.17) is 19.5 Å². The van der Waals surface area contributed by atoms with Crippen LogP contribution in [-0.4, -0.2) is 51.7 Å². The highest BCUT2D eigenvalue weighted by Gasteiger charge is 2.24. The quantitative estimate of drug-likeness (QED) is 0.580. The summed E-state index contributed by atoms with van der Waals surface area (Å²) in [6, 6.07) is 2.48. The highest BCUT2D eigenvalue weighted by molar-refractivity contribution is 5.04. The molecule has 0 heterocycles. The lowest BCUT2D eigenvalue weighted by molar-refractivity contribution is 0.0140. The Balaban J connectivity index is 3.60. The van der Waals surface area contributed by atoms with Crippen molar-refractivity contribution in [1.82, 2.24) is 5.32 Å². The summed E-state index contributed by atoms with van der Waals surface area (Å²) in [6.45, 7) is 8.36. The van der Waals surface area contributed by atoms with Crippen molar-refractivity contribution in [3.63, 3.8) is 0 Å². The molecule has 0 radical (unpaired) electrons. The van der Waals surface area contributed by atoms with E-state index in [9.17, 15) is 0 Å². The minimum absolute atomic E-state index is 0.251. The van der Waals surface area contributed by atoms with E-state index in [1.165, 1.54) is 0 Å². The number of methoxy groups -OCH3 is 1. The Morgan fingerprint density at radius 1 is 1.18 bits per heavy atom. The predicted octanol–water partition coefficient (Wildman–Crippen LogP) is 0.946.